The van der Waals surface area contributed by atoms with Crippen LogP contribution >= 0.6 is 0 Å². The average Bonchev–Trinajstić information content (AvgIpc) is 2.39. The lowest BCUT2D eigenvalue weighted by molar-refractivity contribution is 0.0950. The molecule has 0 aliphatic rings. The molecule has 0 aliphatic carbocycles. The normalized spacial score (nSPS) is 10.4. The number of hydrogen-bond donors (Lipinski definition) is 2. The number of aromatic nitrogens is 2. The summed E-state index contributed by atoms with van der Waals surface area (Å²) >= 11 is 0. The molecule has 1 aromatic heterocycles. The molecule has 0 saturated heterocycles. The molecular formula is C12H21N5O. The number of rotatable bonds is 7. The Balaban J connectivity index is 2.43. The second-order valence-corrected chi connectivity index (χ2v) is 3.99. The van der Waals surface area contributed by atoms with Crippen molar-refractivity contribution in [3.63, 3.8) is 0 Å². The molecule has 6 heteroatoms. The second kappa shape index (κ2) is 7.60. The first-order chi connectivity index (χ1) is 8.67. The van der Waals surface area contributed by atoms with Gasteiger partial charge in [0.15, 0.2) is 5.69 Å². The lowest BCUT2D eigenvalue weighted by atomic mass is 10.3. The van der Waals surface area contributed by atoms with Crippen molar-refractivity contribution < 1.29 is 4.79 Å². The van der Waals surface area contributed by atoms with E-state index in [-0.39, 0.29) is 5.91 Å². The third-order valence-corrected chi connectivity index (χ3v) is 2.57. The van der Waals surface area contributed by atoms with Crippen LogP contribution < -0.4 is 10.6 Å². The molecule has 2 N–H and O–H groups in total. The van der Waals surface area contributed by atoms with E-state index >= 15 is 0 Å². The lowest BCUT2D eigenvalue weighted by Gasteiger charge is -2.13. The van der Waals surface area contributed by atoms with Crippen LogP contribution in [0.2, 0.25) is 0 Å². The van der Waals surface area contributed by atoms with Crippen LogP contribution in [0.4, 0.5) is 5.82 Å². The smallest absolute Gasteiger partial charge is 0.271 e. The number of nitrogens with zero attached hydrogens (tertiary/aromatic N) is 3. The van der Waals surface area contributed by atoms with E-state index in [4.69, 9.17) is 0 Å². The minimum atomic E-state index is -0.192. The fraction of sp³-hybridized carbons (Fsp3) is 0.583. The maximum atomic E-state index is 11.5. The van der Waals surface area contributed by atoms with E-state index in [0.29, 0.717) is 18.1 Å². The van der Waals surface area contributed by atoms with Crippen LogP contribution in [-0.4, -0.2) is 54.2 Å². The first-order valence-electron chi connectivity index (χ1n) is 6.21. The molecule has 0 saturated carbocycles. The average molecular weight is 251 g/mol. The molecular weight excluding hydrogens is 230 g/mol. The van der Waals surface area contributed by atoms with E-state index < -0.39 is 0 Å². The Kier molecular flexibility index (Phi) is 6.07. The molecule has 18 heavy (non-hydrogen) atoms. The maximum Gasteiger partial charge on any atom is 0.271 e. The van der Waals surface area contributed by atoms with Gasteiger partial charge in [0.2, 0.25) is 0 Å². The number of likely N-dealkylation sites (N-methyl/N-ethyl adjacent to an activating group) is 1. The summed E-state index contributed by atoms with van der Waals surface area (Å²) in [6, 6.07) is 3.44. The van der Waals surface area contributed by atoms with Crippen molar-refractivity contribution in [2.24, 2.45) is 0 Å². The molecule has 100 valence electrons. The zero-order valence-corrected chi connectivity index (χ0v) is 11.2. The molecule has 1 aromatic rings. The Hall–Kier alpha value is -1.69. The van der Waals surface area contributed by atoms with Crippen LogP contribution in [0.3, 0.4) is 0 Å². The number of hydrogen-bond acceptors (Lipinski definition) is 5. The highest BCUT2D eigenvalue weighted by atomic mass is 16.1. The van der Waals surface area contributed by atoms with Crippen molar-refractivity contribution in [1.29, 1.82) is 0 Å². The van der Waals surface area contributed by atoms with Crippen molar-refractivity contribution in [3.8, 4) is 0 Å². The Morgan fingerprint density at radius 2 is 2.11 bits per heavy atom. The number of carbonyl (C=O) groups is 1. The number of nitrogens with one attached hydrogen (secondary N) is 2. The highest BCUT2D eigenvalue weighted by Crippen LogP contribution is 2.01. The molecule has 0 aromatic carbocycles. The predicted molar refractivity (Wildman–Crippen MR) is 71.7 cm³/mol. The van der Waals surface area contributed by atoms with Gasteiger partial charge in [0, 0.05) is 19.6 Å². The lowest BCUT2D eigenvalue weighted by Crippen LogP contribution is -2.25. The van der Waals surface area contributed by atoms with Crippen molar-refractivity contribution in [2.45, 2.75) is 13.8 Å². The Morgan fingerprint density at radius 1 is 1.33 bits per heavy atom. The van der Waals surface area contributed by atoms with Crippen LogP contribution in [0.1, 0.15) is 24.3 Å². The maximum absolute atomic E-state index is 11.5. The summed E-state index contributed by atoms with van der Waals surface area (Å²) < 4.78 is 0. The molecule has 0 unspecified atom stereocenters. The van der Waals surface area contributed by atoms with E-state index in [1.54, 1.807) is 12.1 Å². The molecule has 0 bridgehead atoms. The summed E-state index contributed by atoms with van der Waals surface area (Å²) in [7, 11) is 2.06. The summed E-state index contributed by atoms with van der Waals surface area (Å²) in [5.74, 6) is 0.495. The molecule has 1 rings (SSSR count). The van der Waals surface area contributed by atoms with Crippen LogP contribution in [0.5, 0.6) is 0 Å². The van der Waals surface area contributed by atoms with Gasteiger partial charge in [-0.25, -0.2) is 0 Å². The summed E-state index contributed by atoms with van der Waals surface area (Å²) in [4.78, 5) is 13.7. The van der Waals surface area contributed by atoms with Gasteiger partial charge in [-0.1, -0.05) is 6.92 Å². The fourth-order valence-corrected chi connectivity index (χ4v) is 1.33. The largest absolute Gasteiger partial charge is 0.367 e. The predicted octanol–water partition coefficient (Wildman–Crippen LogP) is 0.590. The molecule has 0 spiro atoms. The highest BCUT2D eigenvalue weighted by molar-refractivity contribution is 5.92. The molecule has 0 fully saturated rings. The molecule has 0 aliphatic heterocycles. The summed E-state index contributed by atoms with van der Waals surface area (Å²) in [6.45, 7) is 7.33. The van der Waals surface area contributed by atoms with E-state index in [2.05, 4.69) is 39.7 Å². The summed E-state index contributed by atoms with van der Waals surface area (Å²) in [5, 5.41) is 13.7. The molecule has 1 amide bonds. The van der Waals surface area contributed by atoms with Crippen LogP contribution in [0, 0.1) is 0 Å². The van der Waals surface area contributed by atoms with Crippen LogP contribution in [0.15, 0.2) is 12.1 Å². The van der Waals surface area contributed by atoms with Gasteiger partial charge in [-0.05, 0) is 32.6 Å². The van der Waals surface area contributed by atoms with Crippen molar-refractivity contribution in [3.05, 3.63) is 17.8 Å². The van der Waals surface area contributed by atoms with Gasteiger partial charge in [-0.2, -0.15) is 0 Å². The minimum absolute atomic E-state index is 0.192. The van der Waals surface area contributed by atoms with Gasteiger partial charge in [0.1, 0.15) is 5.82 Å². The standard InChI is InChI=1S/C12H21N5O/c1-4-13-12(18)10-6-7-11(16-15-10)14-8-9-17(3)5-2/h6-7H,4-5,8-9H2,1-3H3,(H,13,18)(H,14,16). The Bertz CT molecular complexity index is 365. The number of amides is 1. The SMILES string of the molecule is CCNC(=O)c1ccc(NCCN(C)CC)nn1. The first kappa shape index (κ1) is 14.4. The zero-order valence-electron chi connectivity index (χ0n) is 11.2. The van der Waals surface area contributed by atoms with Gasteiger partial charge in [0.25, 0.3) is 5.91 Å². The van der Waals surface area contributed by atoms with Crippen LogP contribution in [0.25, 0.3) is 0 Å². The van der Waals surface area contributed by atoms with Gasteiger partial charge in [0.05, 0.1) is 0 Å². The second-order valence-electron chi connectivity index (χ2n) is 3.99. The third kappa shape index (κ3) is 4.67. The summed E-state index contributed by atoms with van der Waals surface area (Å²) in [6.07, 6.45) is 0. The Labute approximate surface area is 108 Å². The van der Waals surface area contributed by atoms with Crippen molar-refractivity contribution in [2.75, 3.05) is 38.5 Å². The van der Waals surface area contributed by atoms with E-state index in [9.17, 15) is 4.79 Å². The third-order valence-electron chi connectivity index (χ3n) is 2.57. The zero-order chi connectivity index (χ0) is 13.4. The molecule has 0 atom stereocenters. The molecule has 6 nitrogen and oxygen atoms in total. The topological polar surface area (TPSA) is 70.2 Å². The molecule has 0 radical (unpaired) electrons. The van der Waals surface area contributed by atoms with Crippen molar-refractivity contribution >= 4 is 11.7 Å². The Morgan fingerprint density at radius 3 is 2.67 bits per heavy atom. The van der Waals surface area contributed by atoms with E-state index in [1.165, 1.54) is 0 Å². The minimum Gasteiger partial charge on any atom is -0.367 e. The highest BCUT2D eigenvalue weighted by Gasteiger charge is 2.06. The van der Waals surface area contributed by atoms with Gasteiger partial charge >= 0.3 is 0 Å². The van der Waals surface area contributed by atoms with Crippen molar-refractivity contribution in [1.82, 2.24) is 20.4 Å². The quantitative estimate of drug-likeness (QED) is 0.742. The van der Waals surface area contributed by atoms with E-state index in [1.807, 2.05) is 6.92 Å². The number of anilines is 1. The first-order valence-corrected chi connectivity index (χ1v) is 6.21. The number of carbonyl (C=O) groups excluding carboxylic acids is 1. The van der Waals surface area contributed by atoms with Crippen LogP contribution in [-0.2, 0) is 0 Å². The summed E-state index contributed by atoms with van der Waals surface area (Å²) in [5.41, 5.74) is 0.341. The monoisotopic (exact) mass is 251 g/mol. The molecule has 1 heterocycles. The fourth-order valence-electron chi connectivity index (χ4n) is 1.33. The van der Waals surface area contributed by atoms with Gasteiger partial charge in [-0.3, -0.25) is 4.79 Å². The van der Waals surface area contributed by atoms with E-state index in [0.717, 1.165) is 19.6 Å². The van der Waals surface area contributed by atoms with Gasteiger partial charge in [-0.15, -0.1) is 10.2 Å². The van der Waals surface area contributed by atoms with Gasteiger partial charge < -0.3 is 15.5 Å².